The van der Waals surface area contributed by atoms with E-state index in [0.717, 1.165) is 0 Å². The number of benzene rings is 1. The maximum Gasteiger partial charge on any atom is 0.192 e. The van der Waals surface area contributed by atoms with Crippen molar-refractivity contribution >= 4 is 11.1 Å². The summed E-state index contributed by atoms with van der Waals surface area (Å²) < 4.78 is 55.9. The van der Waals surface area contributed by atoms with Gasteiger partial charge in [0.2, 0.25) is 0 Å². The largest absolute Gasteiger partial charge is 0.302 e. The van der Waals surface area contributed by atoms with Crippen LogP contribution in [0.2, 0.25) is 0 Å². The highest BCUT2D eigenvalue weighted by molar-refractivity contribution is 7.79. The van der Waals surface area contributed by atoms with Crippen molar-refractivity contribution in [2.45, 2.75) is 4.90 Å². The van der Waals surface area contributed by atoms with Gasteiger partial charge in [-0.2, -0.15) is 0 Å². The highest BCUT2D eigenvalue weighted by Gasteiger charge is 2.15. The van der Waals surface area contributed by atoms with E-state index in [-0.39, 0.29) is 0 Å². The molecule has 0 aliphatic heterocycles. The minimum atomic E-state index is -2.78. The smallest absolute Gasteiger partial charge is 0.192 e. The van der Waals surface area contributed by atoms with Gasteiger partial charge in [-0.15, -0.1) is 0 Å². The fourth-order valence-electron chi connectivity index (χ4n) is 0.696. The molecule has 0 bridgehead atoms. The summed E-state index contributed by atoms with van der Waals surface area (Å²) in [4.78, 5) is -1.03. The summed E-state index contributed by atoms with van der Waals surface area (Å²) in [6.45, 7) is 0. The maximum absolute atomic E-state index is 12.5. The van der Waals surface area contributed by atoms with Crippen molar-refractivity contribution in [2.75, 3.05) is 0 Å². The zero-order valence-corrected chi connectivity index (χ0v) is 6.37. The van der Waals surface area contributed by atoms with Crippen molar-refractivity contribution in [1.82, 2.24) is 0 Å². The summed E-state index contributed by atoms with van der Waals surface area (Å²) >= 11 is -2.78. The molecule has 1 aromatic carbocycles. The zero-order chi connectivity index (χ0) is 9.30. The lowest BCUT2D eigenvalue weighted by molar-refractivity contribution is 0.489. The predicted molar refractivity (Wildman–Crippen MR) is 35.4 cm³/mol. The van der Waals surface area contributed by atoms with Crippen molar-refractivity contribution in [2.24, 2.45) is 0 Å². The van der Waals surface area contributed by atoms with Crippen LogP contribution in [0, 0.1) is 17.5 Å². The average molecular weight is 196 g/mol. The van der Waals surface area contributed by atoms with E-state index in [4.69, 9.17) is 4.55 Å². The Kier molecular flexibility index (Phi) is 2.49. The van der Waals surface area contributed by atoms with Crippen molar-refractivity contribution in [3.63, 3.8) is 0 Å². The summed E-state index contributed by atoms with van der Waals surface area (Å²) in [5, 5.41) is 0. The van der Waals surface area contributed by atoms with E-state index in [1.165, 1.54) is 0 Å². The van der Waals surface area contributed by atoms with Crippen LogP contribution >= 0.6 is 0 Å². The molecule has 1 rings (SSSR count). The van der Waals surface area contributed by atoms with Gasteiger partial charge in [0, 0.05) is 12.1 Å². The number of halogens is 3. The van der Waals surface area contributed by atoms with E-state index in [1.54, 1.807) is 0 Å². The van der Waals surface area contributed by atoms with Crippen LogP contribution in [0.25, 0.3) is 0 Å². The minimum Gasteiger partial charge on any atom is -0.302 e. The SMILES string of the molecule is O=S(O)c1c(F)cc(F)cc1F. The third kappa shape index (κ3) is 1.64. The van der Waals surface area contributed by atoms with Crippen molar-refractivity contribution in [3.8, 4) is 0 Å². The molecule has 6 heteroatoms. The van der Waals surface area contributed by atoms with Gasteiger partial charge in [0.05, 0.1) is 0 Å². The quantitative estimate of drug-likeness (QED) is 0.694. The summed E-state index contributed by atoms with van der Waals surface area (Å²) in [5.74, 6) is -3.86. The molecule has 0 saturated heterocycles. The molecule has 1 unspecified atom stereocenters. The first-order chi connectivity index (χ1) is 5.52. The van der Waals surface area contributed by atoms with E-state index in [2.05, 4.69) is 0 Å². The lowest BCUT2D eigenvalue weighted by atomic mass is 10.3. The Morgan fingerprint density at radius 3 is 1.92 bits per heavy atom. The highest BCUT2D eigenvalue weighted by Crippen LogP contribution is 2.17. The maximum atomic E-state index is 12.5. The first-order valence-corrected chi connectivity index (χ1v) is 3.88. The van der Waals surface area contributed by atoms with Crippen LogP contribution < -0.4 is 0 Å². The lowest BCUT2D eigenvalue weighted by Crippen LogP contribution is -1.99. The summed E-state index contributed by atoms with van der Waals surface area (Å²) in [5.41, 5.74) is 0. The Morgan fingerprint density at radius 1 is 1.17 bits per heavy atom. The molecule has 2 nitrogen and oxygen atoms in total. The second-order valence-electron chi connectivity index (χ2n) is 1.95. The predicted octanol–water partition coefficient (Wildman–Crippen LogP) is 1.68. The van der Waals surface area contributed by atoms with E-state index in [0.29, 0.717) is 12.1 Å². The molecule has 0 aliphatic carbocycles. The highest BCUT2D eigenvalue weighted by atomic mass is 32.2. The van der Waals surface area contributed by atoms with Gasteiger partial charge in [-0.25, -0.2) is 17.4 Å². The fraction of sp³-hybridized carbons (Fsp3) is 0. The molecule has 12 heavy (non-hydrogen) atoms. The first kappa shape index (κ1) is 9.21. The standard InChI is InChI=1S/C6H3F3O2S/c7-3-1-4(8)6(12(10)11)5(9)2-3/h1-2H,(H,10,11). The molecule has 0 amide bonds. The molecule has 0 saturated carbocycles. The lowest BCUT2D eigenvalue weighted by Gasteiger charge is -1.98. The van der Waals surface area contributed by atoms with Gasteiger partial charge in [0.15, 0.2) is 11.1 Å². The Morgan fingerprint density at radius 2 is 1.58 bits per heavy atom. The molecule has 0 fully saturated rings. The molecule has 66 valence electrons. The van der Waals surface area contributed by atoms with Crippen molar-refractivity contribution < 1.29 is 21.9 Å². The average Bonchev–Trinajstić information content (AvgIpc) is 1.82. The fourth-order valence-corrected chi connectivity index (χ4v) is 1.15. The number of rotatable bonds is 1. The van der Waals surface area contributed by atoms with Crippen LogP contribution in [0.1, 0.15) is 0 Å². The van der Waals surface area contributed by atoms with E-state index in [1.807, 2.05) is 0 Å². The summed E-state index contributed by atoms with van der Waals surface area (Å²) in [6, 6.07) is 0.680. The molecule has 0 aromatic heterocycles. The van der Waals surface area contributed by atoms with E-state index >= 15 is 0 Å². The molecule has 1 atom stereocenters. The molecule has 0 spiro atoms. The minimum absolute atomic E-state index is 0.340. The normalized spacial score (nSPS) is 13.0. The Hall–Kier alpha value is -0.880. The molecule has 0 radical (unpaired) electrons. The van der Waals surface area contributed by atoms with Crippen LogP contribution in [-0.2, 0) is 11.1 Å². The van der Waals surface area contributed by atoms with Gasteiger partial charge in [0.1, 0.15) is 22.3 Å². The summed E-state index contributed by atoms with van der Waals surface area (Å²) in [7, 11) is 0. The second kappa shape index (κ2) is 3.24. The first-order valence-electron chi connectivity index (χ1n) is 2.78. The van der Waals surface area contributed by atoms with Crippen LogP contribution in [-0.4, -0.2) is 8.76 Å². The molecule has 0 heterocycles. The van der Waals surface area contributed by atoms with Gasteiger partial charge >= 0.3 is 0 Å². The number of hydrogen-bond donors (Lipinski definition) is 1. The van der Waals surface area contributed by atoms with Crippen molar-refractivity contribution in [3.05, 3.63) is 29.6 Å². The number of hydrogen-bond acceptors (Lipinski definition) is 1. The van der Waals surface area contributed by atoms with Gasteiger partial charge in [-0.3, -0.25) is 0 Å². The van der Waals surface area contributed by atoms with Gasteiger partial charge < -0.3 is 4.55 Å². The van der Waals surface area contributed by atoms with Crippen LogP contribution in [0.4, 0.5) is 13.2 Å². The molecular formula is C6H3F3O2S. The van der Waals surface area contributed by atoms with Gasteiger partial charge in [0.25, 0.3) is 0 Å². The molecular weight excluding hydrogens is 193 g/mol. The van der Waals surface area contributed by atoms with Crippen LogP contribution in [0.15, 0.2) is 17.0 Å². The van der Waals surface area contributed by atoms with Crippen molar-refractivity contribution in [1.29, 1.82) is 0 Å². The van der Waals surface area contributed by atoms with Gasteiger partial charge in [-0.1, -0.05) is 0 Å². The molecule has 0 aliphatic rings. The monoisotopic (exact) mass is 196 g/mol. The Labute approximate surface area is 68.3 Å². The summed E-state index contributed by atoms with van der Waals surface area (Å²) in [6.07, 6.45) is 0. The Bertz CT molecular complexity index is 317. The van der Waals surface area contributed by atoms with Crippen LogP contribution in [0.3, 0.4) is 0 Å². The third-order valence-electron chi connectivity index (χ3n) is 1.14. The molecule has 1 N–H and O–H groups in total. The third-order valence-corrected chi connectivity index (χ3v) is 1.88. The van der Waals surface area contributed by atoms with E-state index < -0.39 is 33.4 Å². The Balaban J connectivity index is 3.38. The van der Waals surface area contributed by atoms with Crippen LogP contribution in [0.5, 0.6) is 0 Å². The zero-order valence-electron chi connectivity index (χ0n) is 5.55. The topological polar surface area (TPSA) is 37.3 Å². The second-order valence-corrected chi connectivity index (χ2v) is 2.85. The molecule has 1 aromatic rings. The van der Waals surface area contributed by atoms with E-state index in [9.17, 15) is 17.4 Å². The van der Waals surface area contributed by atoms with Gasteiger partial charge in [-0.05, 0) is 0 Å².